The molecule has 3 heterocycles. The first-order valence-electron chi connectivity index (χ1n) is 7.57. The maximum atomic E-state index is 12.3. The standard InChI is InChI=1S/C16H19N3O3S/c1-10-6-13(22-12-4-3-5-21-8-12)7-14(17-10)15(20)19-16-18-11(2)9-23-16/h6-7,9,12H,3-5,8H2,1-2H3,(H,18,19,20). The zero-order chi connectivity index (χ0) is 16.2. The molecular weight excluding hydrogens is 314 g/mol. The zero-order valence-corrected chi connectivity index (χ0v) is 14.0. The summed E-state index contributed by atoms with van der Waals surface area (Å²) in [7, 11) is 0. The number of nitrogens with zero attached hydrogens (tertiary/aromatic N) is 2. The summed E-state index contributed by atoms with van der Waals surface area (Å²) in [5, 5.41) is 5.22. The second-order valence-corrected chi connectivity index (χ2v) is 6.39. The van der Waals surface area contributed by atoms with Crippen molar-refractivity contribution in [3.05, 3.63) is 34.6 Å². The molecule has 2 aromatic rings. The first-order valence-corrected chi connectivity index (χ1v) is 8.45. The quantitative estimate of drug-likeness (QED) is 0.931. The first-order chi connectivity index (χ1) is 11.1. The lowest BCUT2D eigenvalue weighted by molar-refractivity contribution is 0.00734. The van der Waals surface area contributed by atoms with Gasteiger partial charge in [0.15, 0.2) is 5.13 Å². The number of pyridine rings is 1. The van der Waals surface area contributed by atoms with Crippen LogP contribution in [0.4, 0.5) is 5.13 Å². The van der Waals surface area contributed by atoms with E-state index >= 15 is 0 Å². The molecule has 0 radical (unpaired) electrons. The molecule has 1 amide bonds. The number of anilines is 1. The van der Waals surface area contributed by atoms with Crippen LogP contribution in [0.5, 0.6) is 5.75 Å². The molecule has 0 saturated carbocycles. The number of aromatic nitrogens is 2. The summed E-state index contributed by atoms with van der Waals surface area (Å²) in [6, 6.07) is 3.50. The maximum absolute atomic E-state index is 12.3. The number of nitrogens with one attached hydrogen (secondary N) is 1. The smallest absolute Gasteiger partial charge is 0.276 e. The molecule has 6 nitrogen and oxygen atoms in total. The Bertz CT molecular complexity index is 696. The summed E-state index contributed by atoms with van der Waals surface area (Å²) in [6.45, 7) is 5.10. The van der Waals surface area contributed by atoms with Gasteiger partial charge in [-0.25, -0.2) is 9.97 Å². The number of aryl methyl sites for hydroxylation is 2. The minimum Gasteiger partial charge on any atom is -0.488 e. The number of amides is 1. The third-order valence-corrected chi connectivity index (χ3v) is 4.30. The van der Waals surface area contributed by atoms with Crippen LogP contribution < -0.4 is 10.1 Å². The Morgan fingerprint density at radius 1 is 1.35 bits per heavy atom. The summed E-state index contributed by atoms with van der Waals surface area (Å²) in [5.41, 5.74) is 1.94. The highest BCUT2D eigenvalue weighted by Gasteiger charge is 2.17. The minimum absolute atomic E-state index is 0.0306. The van der Waals surface area contributed by atoms with Crippen LogP contribution in [0.2, 0.25) is 0 Å². The molecule has 7 heteroatoms. The van der Waals surface area contributed by atoms with Gasteiger partial charge in [0, 0.05) is 29.8 Å². The van der Waals surface area contributed by atoms with Crippen molar-refractivity contribution >= 4 is 22.4 Å². The Morgan fingerprint density at radius 2 is 2.22 bits per heavy atom. The Balaban J connectivity index is 1.72. The van der Waals surface area contributed by atoms with E-state index < -0.39 is 0 Å². The lowest BCUT2D eigenvalue weighted by Crippen LogP contribution is -2.28. The average Bonchev–Trinajstić information content (AvgIpc) is 2.93. The van der Waals surface area contributed by atoms with E-state index in [4.69, 9.17) is 9.47 Å². The van der Waals surface area contributed by atoms with E-state index in [-0.39, 0.29) is 12.0 Å². The topological polar surface area (TPSA) is 73.3 Å². The molecule has 0 bridgehead atoms. The molecule has 0 aromatic carbocycles. The average molecular weight is 333 g/mol. The van der Waals surface area contributed by atoms with E-state index in [9.17, 15) is 4.79 Å². The highest BCUT2D eigenvalue weighted by molar-refractivity contribution is 7.13. The van der Waals surface area contributed by atoms with Gasteiger partial charge in [-0.15, -0.1) is 11.3 Å². The number of hydrogen-bond donors (Lipinski definition) is 1. The van der Waals surface area contributed by atoms with E-state index in [2.05, 4.69) is 15.3 Å². The number of carbonyl (C=O) groups excluding carboxylic acids is 1. The van der Waals surface area contributed by atoms with Gasteiger partial charge in [0.1, 0.15) is 17.5 Å². The van der Waals surface area contributed by atoms with Crippen molar-refractivity contribution in [3.63, 3.8) is 0 Å². The number of carbonyl (C=O) groups is 1. The van der Waals surface area contributed by atoms with Crippen LogP contribution >= 0.6 is 11.3 Å². The molecule has 1 saturated heterocycles. The van der Waals surface area contributed by atoms with Gasteiger partial charge in [0.2, 0.25) is 0 Å². The van der Waals surface area contributed by atoms with Crippen LogP contribution in [0.1, 0.15) is 34.7 Å². The Kier molecular flexibility index (Phi) is 4.88. The summed E-state index contributed by atoms with van der Waals surface area (Å²) >= 11 is 1.39. The monoisotopic (exact) mass is 333 g/mol. The molecule has 1 atom stereocenters. The molecular formula is C16H19N3O3S. The van der Waals surface area contributed by atoms with Crippen molar-refractivity contribution in [1.29, 1.82) is 0 Å². The largest absolute Gasteiger partial charge is 0.488 e. The third kappa shape index (κ3) is 4.27. The van der Waals surface area contributed by atoms with Gasteiger partial charge < -0.3 is 9.47 Å². The predicted octanol–water partition coefficient (Wildman–Crippen LogP) is 2.97. The van der Waals surface area contributed by atoms with Crippen LogP contribution in [0, 0.1) is 13.8 Å². The summed E-state index contributed by atoms with van der Waals surface area (Å²) in [4.78, 5) is 20.8. The van der Waals surface area contributed by atoms with Gasteiger partial charge in [0.25, 0.3) is 5.91 Å². The number of ether oxygens (including phenoxy) is 2. The van der Waals surface area contributed by atoms with E-state index in [0.717, 1.165) is 30.8 Å². The van der Waals surface area contributed by atoms with Crippen molar-refractivity contribution in [3.8, 4) is 5.75 Å². The Hall–Kier alpha value is -1.99. The van der Waals surface area contributed by atoms with E-state index in [1.54, 1.807) is 6.07 Å². The van der Waals surface area contributed by atoms with Crippen LogP contribution in [0.15, 0.2) is 17.5 Å². The lowest BCUT2D eigenvalue weighted by Gasteiger charge is -2.23. The van der Waals surface area contributed by atoms with Gasteiger partial charge in [0.05, 0.1) is 12.3 Å². The number of thiazole rings is 1. The van der Waals surface area contributed by atoms with E-state index in [1.807, 2.05) is 25.3 Å². The molecule has 1 N–H and O–H groups in total. The zero-order valence-electron chi connectivity index (χ0n) is 13.2. The molecule has 2 aromatic heterocycles. The highest BCUT2D eigenvalue weighted by Crippen LogP contribution is 2.21. The van der Waals surface area contributed by atoms with Gasteiger partial charge in [-0.1, -0.05) is 0 Å². The molecule has 3 rings (SSSR count). The van der Waals surface area contributed by atoms with Crippen LogP contribution in [-0.2, 0) is 4.74 Å². The lowest BCUT2D eigenvalue weighted by atomic mass is 10.2. The van der Waals surface area contributed by atoms with Crippen molar-refractivity contribution in [2.75, 3.05) is 18.5 Å². The third-order valence-electron chi connectivity index (χ3n) is 3.42. The second kappa shape index (κ2) is 7.06. The molecule has 1 fully saturated rings. The van der Waals surface area contributed by atoms with Crippen LogP contribution in [-0.4, -0.2) is 35.2 Å². The van der Waals surface area contributed by atoms with Crippen molar-refractivity contribution in [2.45, 2.75) is 32.8 Å². The fourth-order valence-electron chi connectivity index (χ4n) is 2.39. The van der Waals surface area contributed by atoms with Gasteiger partial charge in [-0.05, 0) is 26.7 Å². The van der Waals surface area contributed by atoms with Gasteiger partial charge in [-0.2, -0.15) is 0 Å². The molecule has 0 aliphatic carbocycles. The van der Waals surface area contributed by atoms with Crippen molar-refractivity contribution < 1.29 is 14.3 Å². The first kappa shape index (κ1) is 15.9. The second-order valence-electron chi connectivity index (χ2n) is 5.53. The predicted molar refractivity (Wildman–Crippen MR) is 88.2 cm³/mol. The summed E-state index contributed by atoms with van der Waals surface area (Å²) in [5.74, 6) is 0.362. The fourth-order valence-corrected chi connectivity index (χ4v) is 3.07. The molecule has 1 unspecified atom stereocenters. The molecule has 122 valence electrons. The summed E-state index contributed by atoms with van der Waals surface area (Å²) < 4.78 is 11.3. The molecule has 1 aliphatic rings. The van der Waals surface area contributed by atoms with Crippen LogP contribution in [0.25, 0.3) is 0 Å². The van der Waals surface area contributed by atoms with Crippen molar-refractivity contribution in [2.24, 2.45) is 0 Å². The Morgan fingerprint density at radius 3 is 2.91 bits per heavy atom. The van der Waals surface area contributed by atoms with E-state index in [0.29, 0.717) is 23.2 Å². The number of hydrogen-bond acceptors (Lipinski definition) is 6. The maximum Gasteiger partial charge on any atom is 0.276 e. The summed E-state index contributed by atoms with van der Waals surface area (Å²) in [6.07, 6.45) is 1.98. The molecule has 0 spiro atoms. The minimum atomic E-state index is -0.284. The SMILES string of the molecule is Cc1cc(OC2CCCOC2)cc(C(=O)Nc2nc(C)cs2)n1. The normalized spacial score (nSPS) is 17.7. The van der Waals surface area contributed by atoms with Crippen LogP contribution in [0.3, 0.4) is 0 Å². The van der Waals surface area contributed by atoms with Gasteiger partial charge in [-0.3, -0.25) is 10.1 Å². The Labute approximate surface area is 138 Å². The highest BCUT2D eigenvalue weighted by atomic mass is 32.1. The molecule has 23 heavy (non-hydrogen) atoms. The van der Waals surface area contributed by atoms with E-state index in [1.165, 1.54) is 11.3 Å². The number of rotatable bonds is 4. The van der Waals surface area contributed by atoms with Gasteiger partial charge >= 0.3 is 0 Å². The van der Waals surface area contributed by atoms with Crippen molar-refractivity contribution in [1.82, 2.24) is 9.97 Å². The molecule has 1 aliphatic heterocycles. The fraction of sp³-hybridized carbons (Fsp3) is 0.438.